The van der Waals surface area contributed by atoms with Crippen molar-refractivity contribution >= 4 is 45.3 Å². The number of hydrogen-bond acceptors (Lipinski definition) is 7. The third-order valence-corrected chi connectivity index (χ3v) is 8.03. The molecule has 0 aliphatic carbocycles. The number of fused-ring (bicyclic) bond motifs is 1. The number of nitro groups is 1. The summed E-state index contributed by atoms with van der Waals surface area (Å²) >= 11 is 4.41. The highest BCUT2D eigenvalue weighted by Gasteiger charge is 2.26. The van der Waals surface area contributed by atoms with Crippen LogP contribution in [-0.2, 0) is 13.0 Å². The van der Waals surface area contributed by atoms with E-state index in [1.807, 2.05) is 11.3 Å². The van der Waals surface area contributed by atoms with Crippen molar-refractivity contribution in [3.05, 3.63) is 78.8 Å². The summed E-state index contributed by atoms with van der Waals surface area (Å²) in [4.78, 5) is 28.5. The SMILES string of the molecule is CSc1ccc(C(CNC(=O)c2ccc([N+](=O)[O-])s2)N2CCc3sccc3C2)cc1. The summed E-state index contributed by atoms with van der Waals surface area (Å²) in [5.41, 5.74) is 2.51. The number of thioether (sulfide) groups is 1. The number of thiophene rings is 2. The monoisotopic (exact) mass is 459 g/mol. The summed E-state index contributed by atoms with van der Waals surface area (Å²) < 4.78 is 0. The van der Waals surface area contributed by atoms with Crippen LogP contribution in [0, 0.1) is 10.1 Å². The number of carbonyl (C=O) groups is 1. The molecule has 0 radical (unpaired) electrons. The fourth-order valence-corrected chi connectivity index (χ4v) is 5.68. The molecule has 1 aliphatic heterocycles. The van der Waals surface area contributed by atoms with Crippen LogP contribution in [0.5, 0.6) is 0 Å². The third-order valence-electron chi connectivity index (χ3n) is 5.23. The molecule has 2 aromatic heterocycles. The molecule has 0 saturated heterocycles. The van der Waals surface area contributed by atoms with E-state index in [-0.39, 0.29) is 17.0 Å². The van der Waals surface area contributed by atoms with Gasteiger partial charge >= 0.3 is 5.00 Å². The molecule has 1 unspecified atom stereocenters. The topological polar surface area (TPSA) is 75.5 Å². The molecule has 30 heavy (non-hydrogen) atoms. The highest BCUT2D eigenvalue weighted by atomic mass is 32.2. The molecule has 1 N–H and O–H groups in total. The lowest BCUT2D eigenvalue weighted by Crippen LogP contribution is -2.40. The Morgan fingerprint density at radius 1 is 1.27 bits per heavy atom. The molecule has 0 saturated carbocycles. The van der Waals surface area contributed by atoms with Crippen LogP contribution in [0.25, 0.3) is 0 Å². The van der Waals surface area contributed by atoms with Crippen molar-refractivity contribution in [2.45, 2.75) is 23.9 Å². The second kappa shape index (κ2) is 9.30. The van der Waals surface area contributed by atoms with Crippen molar-refractivity contribution in [2.75, 3.05) is 19.3 Å². The standard InChI is InChI=1S/C21H21N3O3S3/c1-28-16-4-2-14(3-5-16)17(23-10-8-18-15(13-23)9-11-29-18)12-22-21(25)19-6-7-20(30-19)24(26)27/h2-7,9,11,17H,8,10,12-13H2,1H3,(H,22,25). The lowest BCUT2D eigenvalue weighted by Gasteiger charge is -2.35. The van der Waals surface area contributed by atoms with Crippen molar-refractivity contribution in [1.29, 1.82) is 0 Å². The van der Waals surface area contributed by atoms with Gasteiger partial charge in [-0.25, -0.2) is 0 Å². The Kier molecular flexibility index (Phi) is 6.52. The molecule has 4 rings (SSSR count). The fraction of sp³-hybridized carbons (Fsp3) is 0.286. The quantitative estimate of drug-likeness (QED) is 0.307. The smallest absolute Gasteiger partial charge is 0.324 e. The minimum Gasteiger partial charge on any atom is -0.349 e. The number of carbonyl (C=O) groups excluding carboxylic acids is 1. The first-order chi connectivity index (χ1) is 14.5. The van der Waals surface area contributed by atoms with Crippen LogP contribution in [-0.4, -0.2) is 35.1 Å². The second-order valence-electron chi connectivity index (χ2n) is 6.98. The molecular weight excluding hydrogens is 438 g/mol. The summed E-state index contributed by atoms with van der Waals surface area (Å²) in [5, 5.41) is 16.0. The van der Waals surface area contributed by atoms with Gasteiger partial charge in [-0.15, -0.1) is 23.1 Å². The van der Waals surface area contributed by atoms with Crippen LogP contribution >= 0.6 is 34.4 Å². The highest BCUT2D eigenvalue weighted by Crippen LogP contribution is 2.31. The first-order valence-corrected chi connectivity index (χ1v) is 12.4. The van der Waals surface area contributed by atoms with Crippen molar-refractivity contribution in [1.82, 2.24) is 10.2 Å². The van der Waals surface area contributed by atoms with Crippen molar-refractivity contribution in [2.24, 2.45) is 0 Å². The van der Waals surface area contributed by atoms with E-state index in [1.165, 1.54) is 27.5 Å². The summed E-state index contributed by atoms with van der Waals surface area (Å²) in [6, 6.07) is 13.6. The highest BCUT2D eigenvalue weighted by molar-refractivity contribution is 7.98. The summed E-state index contributed by atoms with van der Waals surface area (Å²) in [6.45, 7) is 2.24. The fourth-order valence-electron chi connectivity index (χ4n) is 3.64. The molecule has 0 bridgehead atoms. The van der Waals surface area contributed by atoms with E-state index in [2.05, 4.69) is 52.2 Å². The first kappa shape index (κ1) is 21.0. The number of nitrogens with zero attached hydrogens (tertiary/aromatic N) is 2. The molecule has 1 amide bonds. The average Bonchev–Trinajstić information content (AvgIpc) is 3.43. The van der Waals surface area contributed by atoms with Crippen LogP contribution in [0.3, 0.4) is 0 Å². The van der Waals surface area contributed by atoms with Gasteiger partial charge in [0.15, 0.2) is 0 Å². The molecule has 1 atom stereocenters. The maximum absolute atomic E-state index is 12.6. The van der Waals surface area contributed by atoms with Gasteiger partial charge in [0, 0.05) is 35.5 Å². The number of benzene rings is 1. The van der Waals surface area contributed by atoms with Gasteiger partial charge in [-0.2, -0.15) is 0 Å². The predicted octanol–water partition coefficient (Wildman–Crippen LogP) is 4.97. The molecule has 1 aliphatic rings. The van der Waals surface area contributed by atoms with Crippen molar-refractivity contribution in [3.63, 3.8) is 0 Å². The van der Waals surface area contributed by atoms with Gasteiger partial charge in [-0.1, -0.05) is 23.5 Å². The molecule has 3 aromatic rings. The molecule has 156 valence electrons. The lowest BCUT2D eigenvalue weighted by atomic mass is 10.0. The molecule has 3 heterocycles. The van der Waals surface area contributed by atoms with Gasteiger partial charge in [0.1, 0.15) is 0 Å². The molecular formula is C21H21N3O3S3. The Hall–Kier alpha value is -2.20. The minimum absolute atomic E-state index is 0.0228. The number of hydrogen-bond donors (Lipinski definition) is 1. The number of nitrogens with one attached hydrogen (secondary N) is 1. The van der Waals surface area contributed by atoms with E-state index >= 15 is 0 Å². The first-order valence-electron chi connectivity index (χ1n) is 9.51. The van der Waals surface area contributed by atoms with Gasteiger partial charge < -0.3 is 5.32 Å². The van der Waals surface area contributed by atoms with Crippen LogP contribution in [0.2, 0.25) is 0 Å². The van der Waals surface area contributed by atoms with Gasteiger partial charge in [0.25, 0.3) is 5.91 Å². The lowest BCUT2D eigenvalue weighted by molar-refractivity contribution is -0.380. The van der Waals surface area contributed by atoms with Crippen molar-refractivity contribution in [3.8, 4) is 0 Å². The average molecular weight is 460 g/mol. The van der Waals surface area contributed by atoms with E-state index in [1.54, 1.807) is 11.8 Å². The van der Waals surface area contributed by atoms with Gasteiger partial charge in [-0.3, -0.25) is 19.8 Å². The van der Waals surface area contributed by atoms with Gasteiger partial charge in [0.05, 0.1) is 15.8 Å². The van der Waals surface area contributed by atoms with Crippen molar-refractivity contribution < 1.29 is 9.72 Å². The van der Waals surface area contributed by atoms with Crippen LogP contribution in [0.15, 0.2) is 52.7 Å². The maximum Gasteiger partial charge on any atom is 0.324 e. The number of amides is 1. The largest absolute Gasteiger partial charge is 0.349 e. The zero-order valence-electron chi connectivity index (χ0n) is 16.4. The van der Waals surface area contributed by atoms with Crippen LogP contribution in [0.4, 0.5) is 5.00 Å². The van der Waals surface area contributed by atoms with E-state index in [0.717, 1.165) is 36.4 Å². The Bertz CT molecular complexity index is 1050. The van der Waals surface area contributed by atoms with Gasteiger partial charge in [0.2, 0.25) is 0 Å². The second-order valence-corrected chi connectivity index (χ2v) is 9.93. The molecule has 1 aromatic carbocycles. The number of rotatable bonds is 7. The maximum atomic E-state index is 12.6. The van der Waals surface area contributed by atoms with Gasteiger partial charge in [-0.05, 0) is 53.4 Å². The van der Waals surface area contributed by atoms with Crippen LogP contribution in [0.1, 0.15) is 31.7 Å². The van der Waals surface area contributed by atoms with E-state index in [9.17, 15) is 14.9 Å². The Morgan fingerprint density at radius 2 is 2.07 bits per heavy atom. The van der Waals surface area contributed by atoms with E-state index < -0.39 is 4.92 Å². The Labute approximate surface area is 187 Å². The molecule has 9 heteroatoms. The molecule has 0 fully saturated rings. The normalized spacial score (nSPS) is 14.8. The molecule has 6 nitrogen and oxygen atoms in total. The third kappa shape index (κ3) is 4.59. The summed E-state index contributed by atoms with van der Waals surface area (Å²) in [7, 11) is 0. The molecule has 0 spiro atoms. The van der Waals surface area contributed by atoms with E-state index in [4.69, 9.17) is 0 Å². The van der Waals surface area contributed by atoms with E-state index in [0.29, 0.717) is 11.4 Å². The predicted molar refractivity (Wildman–Crippen MR) is 123 cm³/mol. The zero-order valence-corrected chi connectivity index (χ0v) is 18.8. The Morgan fingerprint density at radius 3 is 2.77 bits per heavy atom. The minimum atomic E-state index is -0.469. The summed E-state index contributed by atoms with van der Waals surface area (Å²) in [5.74, 6) is -0.271. The zero-order chi connectivity index (χ0) is 21.1. The summed E-state index contributed by atoms with van der Waals surface area (Å²) in [6.07, 6.45) is 3.06. The van der Waals surface area contributed by atoms with Crippen LogP contribution < -0.4 is 5.32 Å². The Balaban J connectivity index is 1.52.